The number of pyridine rings is 1. The molecule has 0 bridgehead atoms. The van der Waals surface area contributed by atoms with Crippen molar-refractivity contribution in [3.63, 3.8) is 0 Å². The molecule has 0 saturated heterocycles. The van der Waals surface area contributed by atoms with Crippen molar-refractivity contribution in [2.75, 3.05) is 0 Å². The summed E-state index contributed by atoms with van der Waals surface area (Å²) in [5, 5.41) is 10.7. The lowest BCUT2D eigenvalue weighted by molar-refractivity contribution is -0.116. The summed E-state index contributed by atoms with van der Waals surface area (Å²) in [4.78, 5) is 15.9. The van der Waals surface area contributed by atoms with Gasteiger partial charge in [0.15, 0.2) is 5.65 Å². The average Bonchev–Trinajstić information content (AvgIpc) is 2.95. The number of carbonyl (C=O) groups is 1. The highest BCUT2D eigenvalue weighted by Gasteiger charge is 2.03. The smallest absolute Gasteiger partial charge is 0.244 e. The fourth-order valence-corrected chi connectivity index (χ4v) is 2.00. The minimum absolute atomic E-state index is 0.148. The van der Waals surface area contributed by atoms with Gasteiger partial charge in [-0.3, -0.25) is 9.89 Å². The van der Waals surface area contributed by atoms with Crippen LogP contribution in [-0.4, -0.2) is 21.1 Å². The molecule has 0 aliphatic heterocycles. The van der Waals surface area contributed by atoms with Gasteiger partial charge in [-0.15, -0.1) is 0 Å². The standard InChI is InChI=1S/C16H14N4O/c21-15(18-11-12-5-2-1-3-6-12)9-8-14-13-7-4-10-17-16(13)20-19-14/h1-10H,11H2,(H,18,21)(H,17,19,20). The second kappa shape index (κ2) is 6.00. The van der Waals surface area contributed by atoms with Crippen LogP contribution < -0.4 is 5.32 Å². The maximum atomic E-state index is 11.8. The van der Waals surface area contributed by atoms with Crippen LogP contribution in [0.3, 0.4) is 0 Å². The monoisotopic (exact) mass is 278 g/mol. The summed E-state index contributed by atoms with van der Waals surface area (Å²) >= 11 is 0. The molecule has 0 radical (unpaired) electrons. The third-order valence-corrected chi connectivity index (χ3v) is 3.07. The van der Waals surface area contributed by atoms with Crippen molar-refractivity contribution in [3.05, 3.63) is 66.0 Å². The molecule has 0 aliphatic carbocycles. The number of rotatable bonds is 4. The summed E-state index contributed by atoms with van der Waals surface area (Å²) < 4.78 is 0. The van der Waals surface area contributed by atoms with E-state index in [2.05, 4.69) is 20.5 Å². The van der Waals surface area contributed by atoms with Crippen LogP contribution in [0.2, 0.25) is 0 Å². The number of hydrogen-bond acceptors (Lipinski definition) is 3. The summed E-state index contributed by atoms with van der Waals surface area (Å²) in [7, 11) is 0. The zero-order valence-electron chi connectivity index (χ0n) is 11.3. The molecule has 5 nitrogen and oxygen atoms in total. The summed E-state index contributed by atoms with van der Waals surface area (Å²) in [5.74, 6) is -0.148. The summed E-state index contributed by atoms with van der Waals surface area (Å²) in [6, 6.07) is 13.5. The number of nitrogens with zero attached hydrogens (tertiary/aromatic N) is 2. The average molecular weight is 278 g/mol. The van der Waals surface area contributed by atoms with E-state index in [1.54, 1.807) is 12.3 Å². The number of aromatic amines is 1. The summed E-state index contributed by atoms with van der Waals surface area (Å²) in [6.45, 7) is 0.509. The lowest BCUT2D eigenvalue weighted by Gasteiger charge is -2.01. The third-order valence-electron chi connectivity index (χ3n) is 3.07. The fourth-order valence-electron chi connectivity index (χ4n) is 2.00. The van der Waals surface area contributed by atoms with E-state index in [9.17, 15) is 4.79 Å². The minimum atomic E-state index is -0.148. The van der Waals surface area contributed by atoms with Crippen LogP contribution in [0.15, 0.2) is 54.7 Å². The molecule has 0 spiro atoms. The van der Waals surface area contributed by atoms with Crippen LogP contribution in [-0.2, 0) is 11.3 Å². The topological polar surface area (TPSA) is 70.7 Å². The van der Waals surface area contributed by atoms with Gasteiger partial charge in [0.1, 0.15) is 0 Å². The first-order valence-corrected chi connectivity index (χ1v) is 6.62. The van der Waals surface area contributed by atoms with E-state index < -0.39 is 0 Å². The Morgan fingerprint density at radius 1 is 1.19 bits per heavy atom. The van der Waals surface area contributed by atoms with Gasteiger partial charge in [-0.2, -0.15) is 5.10 Å². The Balaban J connectivity index is 1.64. The summed E-state index contributed by atoms with van der Waals surface area (Å²) in [5.41, 5.74) is 2.48. The predicted molar refractivity (Wildman–Crippen MR) is 81.2 cm³/mol. The van der Waals surface area contributed by atoms with Crippen LogP contribution in [0.5, 0.6) is 0 Å². The summed E-state index contributed by atoms with van der Waals surface area (Å²) in [6.07, 6.45) is 4.88. The maximum Gasteiger partial charge on any atom is 0.244 e. The van der Waals surface area contributed by atoms with Gasteiger partial charge in [0.25, 0.3) is 0 Å². The van der Waals surface area contributed by atoms with Crippen molar-refractivity contribution in [1.82, 2.24) is 20.5 Å². The second-order valence-corrected chi connectivity index (χ2v) is 4.55. The van der Waals surface area contributed by atoms with Gasteiger partial charge in [-0.25, -0.2) is 4.98 Å². The molecule has 0 unspecified atom stereocenters. The van der Waals surface area contributed by atoms with E-state index in [1.165, 1.54) is 6.08 Å². The van der Waals surface area contributed by atoms with Crippen LogP contribution >= 0.6 is 0 Å². The van der Waals surface area contributed by atoms with E-state index in [1.807, 2.05) is 42.5 Å². The van der Waals surface area contributed by atoms with Crippen molar-refractivity contribution in [3.8, 4) is 0 Å². The molecule has 3 rings (SSSR count). The van der Waals surface area contributed by atoms with Gasteiger partial charge in [-0.05, 0) is 23.8 Å². The van der Waals surface area contributed by atoms with Gasteiger partial charge in [0, 0.05) is 24.2 Å². The Morgan fingerprint density at radius 3 is 2.90 bits per heavy atom. The number of amides is 1. The third kappa shape index (κ3) is 3.14. The first-order chi connectivity index (χ1) is 10.3. The fraction of sp³-hybridized carbons (Fsp3) is 0.0625. The highest BCUT2D eigenvalue weighted by atomic mass is 16.1. The van der Waals surface area contributed by atoms with Gasteiger partial charge in [0.05, 0.1) is 5.69 Å². The largest absolute Gasteiger partial charge is 0.348 e. The van der Waals surface area contributed by atoms with Crippen LogP contribution in [0, 0.1) is 0 Å². The molecule has 0 atom stereocenters. The Hall–Kier alpha value is -2.95. The van der Waals surface area contributed by atoms with Gasteiger partial charge in [-0.1, -0.05) is 30.3 Å². The van der Waals surface area contributed by atoms with Crippen molar-refractivity contribution >= 4 is 23.0 Å². The molecule has 5 heteroatoms. The van der Waals surface area contributed by atoms with E-state index in [-0.39, 0.29) is 5.91 Å². The SMILES string of the molecule is O=C(C=Cc1[nH]nc2ncccc12)NCc1ccccc1. The number of fused-ring (bicyclic) bond motifs is 1. The number of carbonyl (C=O) groups excluding carboxylic acids is 1. The van der Waals surface area contributed by atoms with Crippen molar-refractivity contribution in [2.45, 2.75) is 6.54 Å². The maximum absolute atomic E-state index is 11.8. The lowest BCUT2D eigenvalue weighted by atomic mass is 10.2. The molecule has 21 heavy (non-hydrogen) atoms. The molecule has 2 aromatic heterocycles. The highest BCUT2D eigenvalue weighted by molar-refractivity contribution is 5.94. The number of nitrogens with one attached hydrogen (secondary N) is 2. The molecule has 3 aromatic rings. The number of H-pyrrole nitrogens is 1. The van der Waals surface area contributed by atoms with Gasteiger partial charge >= 0.3 is 0 Å². The van der Waals surface area contributed by atoms with Gasteiger partial charge in [0.2, 0.25) is 5.91 Å². The van der Waals surface area contributed by atoms with E-state index in [4.69, 9.17) is 0 Å². The number of hydrogen-bond donors (Lipinski definition) is 2. The normalized spacial score (nSPS) is 11.0. The van der Waals surface area contributed by atoms with Crippen LogP contribution in [0.4, 0.5) is 0 Å². The Bertz CT molecular complexity index is 777. The molecule has 1 amide bonds. The Labute approximate surface area is 121 Å². The first kappa shape index (κ1) is 13.1. The van der Waals surface area contributed by atoms with Gasteiger partial charge < -0.3 is 5.32 Å². The predicted octanol–water partition coefficient (Wildman–Crippen LogP) is 2.29. The van der Waals surface area contributed by atoms with E-state index in [0.29, 0.717) is 12.2 Å². The first-order valence-electron chi connectivity index (χ1n) is 6.62. The molecule has 2 heterocycles. The highest BCUT2D eigenvalue weighted by Crippen LogP contribution is 2.13. The molecule has 1 aromatic carbocycles. The molecule has 0 saturated carbocycles. The zero-order valence-corrected chi connectivity index (χ0v) is 11.3. The quantitative estimate of drug-likeness (QED) is 0.719. The number of aromatic nitrogens is 3. The zero-order chi connectivity index (χ0) is 14.5. The van der Waals surface area contributed by atoms with Crippen molar-refractivity contribution < 1.29 is 4.79 Å². The Kier molecular flexibility index (Phi) is 3.73. The van der Waals surface area contributed by atoms with Crippen molar-refractivity contribution in [1.29, 1.82) is 0 Å². The second-order valence-electron chi connectivity index (χ2n) is 4.55. The molecule has 0 fully saturated rings. The van der Waals surface area contributed by atoms with E-state index in [0.717, 1.165) is 16.6 Å². The van der Waals surface area contributed by atoms with Crippen LogP contribution in [0.25, 0.3) is 17.1 Å². The molecule has 0 aliphatic rings. The molecular formula is C16H14N4O. The molecule has 2 N–H and O–H groups in total. The molecule has 104 valence electrons. The Morgan fingerprint density at radius 2 is 2.05 bits per heavy atom. The minimum Gasteiger partial charge on any atom is -0.348 e. The van der Waals surface area contributed by atoms with Crippen molar-refractivity contribution in [2.24, 2.45) is 0 Å². The molecular weight excluding hydrogens is 264 g/mol. The number of benzene rings is 1. The lowest BCUT2D eigenvalue weighted by Crippen LogP contribution is -2.20. The van der Waals surface area contributed by atoms with Crippen LogP contribution in [0.1, 0.15) is 11.3 Å². The van der Waals surface area contributed by atoms with E-state index >= 15 is 0 Å².